The molecule has 0 fully saturated rings. The zero-order valence-corrected chi connectivity index (χ0v) is 11.1. The topological polar surface area (TPSA) is 72.2 Å². The number of anilines is 1. The van der Waals surface area contributed by atoms with E-state index in [1.54, 1.807) is 6.07 Å². The van der Waals surface area contributed by atoms with E-state index in [1.807, 2.05) is 0 Å². The third kappa shape index (κ3) is 3.75. The highest BCUT2D eigenvalue weighted by Gasteiger charge is 2.08. The van der Waals surface area contributed by atoms with E-state index in [0.717, 1.165) is 6.07 Å². The predicted molar refractivity (Wildman–Crippen MR) is 71.5 cm³/mol. The van der Waals surface area contributed by atoms with Crippen molar-refractivity contribution in [2.24, 2.45) is 5.14 Å². The van der Waals surface area contributed by atoms with E-state index >= 15 is 0 Å². The Morgan fingerprint density at radius 3 is 2.30 bits per heavy atom. The summed E-state index contributed by atoms with van der Waals surface area (Å²) >= 11 is 0. The minimum absolute atomic E-state index is 0.0343. The molecular weight excluding hydrogens is 286 g/mol. The van der Waals surface area contributed by atoms with E-state index in [9.17, 15) is 17.2 Å². The Hall–Kier alpha value is -1.99. The van der Waals surface area contributed by atoms with Crippen molar-refractivity contribution in [3.63, 3.8) is 0 Å². The molecule has 0 aromatic heterocycles. The lowest BCUT2D eigenvalue weighted by atomic mass is 10.2. The summed E-state index contributed by atoms with van der Waals surface area (Å²) in [7, 11) is -3.78. The van der Waals surface area contributed by atoms with Gasteiger partial charge in [0.15, 0.2) is 0 Å². The highest BCUT2D eigenvalue weighted by molar-refractivity contribution is 7.89. The number of nitrogens with one attached hydrogen (secondary N) is 1. The molecule has 2 aromatic carbocycles. The summed E-state index contributed by atoms with van der Waals surface area (Å²) < 4.78 is 48.4. The monoisotopic (exact) mass is 298 g/mol. The second-order valence-electron chi connectivity index (χ2n) is 4.20. The van der Waals surface area contributed by atoms with Crippen LogP contribution in [0, 0.1) is 11.6 Å². The molecule has 0 atom stereocenters. The number of nitrogens with two attached hydrogens (primary N) is 1. The van der Waals surface area contributed by atoms with Gasteiger partial charge < -0.3 is 5.32 Å². The molecule has 3 N–H and O–H groups in total. The maximum Gasteiger partial charge on any atom is 0.238 e. The van der Waals surface area contributed by atoms with Crippen LogP contribution in [0.25, 0.3) is 0 Å². The van der Waals surface area contributed by atoms with Gasteiger partial charge in [0.2, 0.25) is 10.0 Å². The molecule has 4 nitrogen and oxygen atoms in total. The van der Waals surface area contributed by atoms with Crippen molar-refractivity contribution < 1.29 is 17.2 Å². The lowest BCUT2D eigenvalue weighted by molar-refractivity contribution is 0.580. The summed E-state index contributed by atoms with van der Waals surface area (Å²) in [6, 6.07) is 9.04. The first-order valence-electron chi connectivity index (χ1n) is 5.66. The van der Waals surface area contributed by atoms with Crippen molar-refractivity contribution in [2.45, 2.75) is 11.4 Å². The number of hydrogen-bond donors (Lipinski definition) is 2. The third-order valence-corrected chi connectivity index (χ3v) is 3.49. The Balaban J connectivity index is 2.15. The molecule has 0 saturated heterocycles. The molecule has 20 heavy (non-hydrogen) atoms. The fourth-order valence-electron chi connectivity index (χ4n) is 1.70. The number of primary sulfonamides is 1. The second-order valence-corrected chi connectivity index (χ2v) is 5.77. The van der Waals surface area contributed by atoms with Crippen LogP contribution >= 0.6 is 0 Å². The first-order valence-corrected chi connectivity index (χ1v) is 7.21. The van der Waals surface area contributed by atoms with Gasteiger partial charge in [-0.15, -0.1) is 0 Å². The number of rotatable bonds is 4. The smallest absolute Gasteiger partial charge is 0.238 e. The molecule has 0 aliphatic carbocycles. The normalized spacial score (nSPS) is 11.3. The molecule has 106 valence electrons. The van der Waals surface area contributed by atoms with E-state index in [2.05, 4.69) is 5.32 Å². The van der Waals surface area contributed by atoms with Gasteiger partial charge >= 0.3 is 0 Å². The number of sulfonamides is 1. The molecule has 0 spiro atoms. The molecule has 0 aliphatic heterocycles. The highest BCUT2D eigenvalue weighted by atomic mass is 32.2. The van der Waals surface area contributed by atoms with Crippen molar-refractivity contribution in [2.75, 3.05) is 5.32 Å². The number of hydrogen-bond acceptors (Lipinski definition) is 3. The van der Waals surface area contributed by atoms with Crippen LogP contribution in [-0.4, -0.2) is 8.42 Å². The van der Waals surface area contributed by atoms with Crippen LogP contribution in [0.2, 0.25) is 0 Å². The molecule has 2 aromatic rings. The van der Waals surface area contributed by atoms with Gasteiger partial charge in [-0.1, -0.05) is 6.07 Å². The molecule has 0 amide bonds. The van der Waals surface area contributed by atoms with Crippen molar-refractivity contribution in [3.8, 4) is 0 Å². The van der Waals surface area contributed by atoms with Gasteiger partial charge in [0.1, 0.15) is 11.6 Å². The predicted octanol–water partition coefficient (Wildman–Crippen LogP) is 2.22. The van der Waals surface area contributed by atoms with Crippen LogP contribution in [0.1, 0.15) is 5.56 Å². The molecule has 0 bridgehead atoms. The Morgan fingerprint density at radius 2 is 1.70 bits per heavy atom. The van der Waals surface area contributed by atoms with Crippen molar-refractivity contribution in [1.82, 2.24) is 0 Å². The Kier molecular flexibility index (Phi) is 4.01. The molecule has 0 heterocycles. The van der Waals surface area contributed by atoms with Crippen LogP contribution in [0.5, 0.6) is 0 Å². The maximum absolute atomic E-state index is 13.0. The zero-order chi connectivity index (χ0) is 14.8. The maximum atomic E-state index is 13.0. The molecule has 0 radical (unpaired) electrons. The van der Waals surface area contributed by atoms with Crippen LogP contribution < -0.4 is 10.5 Å². The fraction of sp³-hybridized carbons (Fsp3) is 0.0769. The van der Waals surface area contributed by atoms with Gasteiger partial charge in [-0.25, -0.2) is 22.3 Å². The summed E-state index contributed by atoms with van der Waals surface area (Å²) in [4.78, 5) is -0.0343. The Bertz CT molecular complexity index is 713. The molecule has 0 aliphatic rings. The van der Waals surface area contributed by atoms with E-state index in [4.69, 9.17) is 5.14 Å². The van der Waals surface area contributed by atoms with E-state index < -0.39 is 21.7 Å². The van der Waals surface area contributed by atoms with E-state index in [-0.39, 0.29) is 11.4 Å². The minimum Gasteiger partial charge on any atom is -0.381 e. The fourth-order valence-corrected chi connectivity index (χ4v) is 2.26. The Morgan fingerprint density at radius 1 is 1.05 bits per heavy atom. The average Bonchev–Trinajstić information content (AvgIpc) is 2.35. The quantitative estimate of drug-likeness (QED) is 0.909. The standard InChI is InChI=1S/C13H12F2N2O2S/c14-10-4-9(5-11(15)6-10)8-17-12-2-1-3-13(7-12)20(16,18)19/h1-7,17H,8H2,(H2,16,18,19). The first kappa shape index (κ1) is 14.4. The van der Waals surface area contributed by atoms with Crippen LogP contribution in [0.3, 0.4) is 0 Å². The summed E-state index contributed by atoms with van der Waals surface area (Å²) in [6.07, 6.45) is 0. The van der Waals surface area contributed by atoms with Gasteiger partial charge in [0.05, 0.1) is 4.90 Å². The second kappa shape index (κ2) is 5.56. The van der Waals surface area contributed by atoms with Crippen molar-refractivity contribution in [1.29, 1.82) is 0 Å². The number of benzene rings is 2. The summed E-state index contributed by atoms with van der Waals surface area (Å²) in [5, 5.41) is 7.89. The van der Waals surface area contributed by atoms with Gasteiger partial charge in [-0.05, 0) is 35.9 Å². The SMILES string of the molecule is NS(=O)(=O)c1cccc(NCc2cc(F)cc(F)c2)c1. The average molecular weight is 298 g/mol. The molecule has 0 saturated carbocycles. The van der Waals surface area contributed by atoms with E-state index in [0.29, 0.717) is 11.3 Å². The largest absolute Gasteiger partial charge is 0.381 e. The van der Waals surface area contributed by atoms with Crippen molar-refractivity contribution in [3.05, 3.63) is 59.7 Å². The minimum atomic E-state index is -3.78. The van der Waals surface area contributed by atoms with Crippen LogP contribution in [0.4, 0.5) is 14.5 Å². The van der Waals surface area contributed by atoms with E-state index in [1.165, 1.54) is 30.3 Å². The van der Waals surface area contributed by atoms with Crippen LogP contribution in [0.15, 0.2) is 47.4 Å². The Labute approximate surface area is 115 Å². The van der Waals surface area contributed by atoms with Gasteiger partial charge in [0, 0.05) is 18.3 Å². The van der Waals surface area contributed by atoms with Gasteiger partial charge in [-0.2, -0.15) is 0 Å². The van der Waals surface area contributed by atoms with Gasteiger partial charge in [-0.3, -0.25) is 0 Å². The molecular formula is C13H12F2N2O2S. The summed E-state index contributed by atoms with van der Waals surface area (Å²) in [6.45, 7) is 0.156. The third-order valence-electron chi connectivity index (χ3n) is 2.58. The zero-order valence-electron chi connectivity index (χ0n) is 10.3. The lowest BCUT2D eigenvalue weighted by Crippen LogP contribution is -2.12. The van der Waals surface area contributed by atoms with Gasteiger partial charge in [0.25, 0.3) is 0 Å². The number of halogens is 2. The van der Waals surface area contributed by atoms with Crippen molar-refractivity contribution >= 4 is 15.7 Å². The highest BCUT2D eigenvalue weighted by Crippen LogP contribution is 2.16. The lowest BCUT2D eigenvalue weighted by Gasteiger charge is -2.08. The molecule has 7 heteroatoms. The molecule has 2 rings (SSSR count). The van der Waals surface area contributed by atoms with Crippen LogP contribution in [-0.2, 0) is 16.6 Å². The first-order chi connectivity index (χ1) is 9.34. The summed E-state index contributed by atoms with van der Waals surface area (Å²) in [5.41, 5.74) is 0.893. The molecule has 0 unspecified atom stereocenters. The summed E-state index contributed by atoms with van der Waals surface area (Å²) in [5.74, 6) is -1.33.